The fraction of sp³-hybridized carbons (Fsp3) is 0.588. The van der Waals surface area contributed by atoms with E-state index in [-0.39, 0.29) is 17.9 Å². The summed E-state index contributed by atoms with van der Waals surface area (Å²) in [6, 6.07) is 7.63. The second-order valence-electron chi connectivity index (χ2n) is 6.05. The molecule has 1 amide bonds. The SMILES string of the molecule is CCC(C)Oc1cccc(NC(=O)C2CNCC(C)C2)c1. The van der Waals surface area contributed by atoms with Gasteiger partial charge in [-0.15, -0.1) is 0 Å². The van der Waals surface area contributed by atoms with Gasteiger partial charge in [0.2, 0.25) is 5.91 Å². The molecule has 1 aliphatic heterocycles. The zero-order valence-electron chi connectivity index (χ0n) is 13.2. The standard InChI is InChI=1S/C17H26N2O2/c1-4-13(3)21-16-7-5-6-15(9-16)19-17(20)14-8-12(2)10-18-11-14/h5-7,9,12-14,18H,4,8,10-11H2,1-3H3,(H,19,20). The average Bonchev–Trinajstić information content (AvgIpc) is 2.47. The maximum atomic E-state index is 12.3. The fourth-order valence-corrected chi connectivity index (χ4v) is 2.56. The largest absolute Gasteiger partial charge is 0.491 e. The second-order valence-corrected chi connectivity index (χ2v) is 6.05. The van der Waals surface area contributed by atoms with E-state index in [2.05, 4.69) is 24.5 Å². The molecule has 4 nitrogen and oxygen atoms in total. The third-order valence-electron chi connectivity index (χ3n) is 3.95. The molecule has 0 aliphatic carbocycles. The van der Waals surface area contributed by atoms with Gasteiger partial charge in [0, 0.05) is 18.3 Å². The van der Waals surface area contributed by atoms with Gasteiger partial charge in [0.25, 0.3) is 0 Å². The van der Waals surface area contributed by atoms with Crippen LogP contribution in [0.3, 0.4) is 0 Å². The number of rotatable bonds is 5. The number of anilines is 1. The Morgan fingerprint density at radius 2 is 2.29 bits per heavy atom. The summed E-state index contributed by atoms with van der Waals surface area (Å²) in [5, 5.41) is 6.32. The summed E-state index contributed by atoms with van der Waals surface area (Å²) in [7, 11) is 0. The summed E-state index contributed by atoms with van der Waals surface area (Å²) >= 11 is 0. The normalized spacial score (nSPS) is 23.4. The van der Waals surface area contributed by atoms with Crippen molar-refractivity contribution in [1.82, 2.24) is 5.32 Å². The maximum Gasteiger partial charge on any atom is 0.228 e. The van der Waals surface area contributed by atoms with Crippen LogP contribution in [-0.4, -0.2) is 25.1 Å². The van der Waals surface area contributed by atoms with Crippen molar-refractivity contribution in [2.75, 3.05) is 18.4 Å². The molecule has 1 aromatic carbocycles. The molecule has 1 fully saturated rings. The lowest BCUT2D eigenvalue weighted by atomic mass is 9.91. The predicted octanol–water partition coefficient (Wildman–Crippen LogP) is 3.05. The maximum absolute atomic E-state index is 12.3. The number of hydrogen-bond acceptors (Lipinski definition) is 3. The minimum Gasteiger partial charge on any atom is -0.491 e. The number of amides is 1. The van der Waals surface area contributed by atoms with Gasteiger partial charge >= 0.3 is 0 Å². The van der Waals surface area contributed by atoms with Crippen molar-refractivity contribution in [2.24, 2.45) is 11.8 Å². The van der Waals surface area contributed by atoms with E-state index in [1.807, 2.05) is 31.2 Å². The molecular weight excluding hydrogens is 264 g/mol. The number of benzene rings is 1. The molecule has 4 heteroatoms. The van der Waals surface area contributed by atoms with E-state index in [0.29, 0.717) is 5.92 Å². The van der Waals surface area contributed by atoms with E-state index < -0.39 is 0 Å². The molecule has 1 saturated heterocycles. The molecule has 3 atom stereocenters. The number of nitrogens with one attached hydrogen (secondary N) is 2. The Labute approximate surface area is 127 Å². The van der Waals surface area contributed by atoms with Gasteiger partial charge in [-0.3, -0.25) is 4.79 Å². The molecule has 0 bridgehead atoms. The summed E-state index contributed by atoms with van der Waals surface area (Å²) in [6.45, 7) is 8.07. The molecule has 1 aliphatic rings. The highest BCUT2D eigenvalue weighted by molar-refractivity contribution is 5.92. The van der Waals surface area contributed by atoms with Crippen molar-refractivity contribution in [3.05, 3.63) is 24.3 Å². The second kappa shape index (κ2) is 7.46. The third-order valence-corrected chi connectivity index (χ3v) is 3.95. The van der Waals surface area contributed by atoms with E-state index >= 15 is 0 Å². The molecular formula is C17H26N2O2. The molecule has 0 spiro atoms. The molecule has 1 heterocycles. The summed E-state index contributed by atoms with van der Waals surface area (Å²) in [5.74, 6) is 1.49. The summed E-state index contributed by atoms with van der Waals surface area (Å²) < 4.78 is 5.78. The van der Waals surface area contributed by atoms with E-state index in [0.717, 1.165) is 37.4 Å². The van der Waals surface area contributed by atoms with E-state index in [1.165, 1.54) is 0 Å². The van der Waals surface area contributed by atoms with Crippen molar-refractivity contribution < 1.29 is 9.53 Å². The van der Waals surface area contributed by atoms with E-state index in [4.69, 9.17) is 4.74 Å². The first-order chi connectivity index (χ1) is 10.1. The van der Waals surface area contributed by atoms with Gasteiger partial charge in [0.15, 0.2) is 0 Å². The Morgan fingerprint density at radius 3 is 3.00 bits per heavy atom. The zero-order chi connectivity index (χ0) is 15.2. The van der Waals surface area contributed by atoms with E-state index in [9.17, 15) is 4.79 Å². The molecule has 116 valence electrons. The number of ether oxygens (including phenoxy) is 1. The molecule has 1 aromatic rings. The Kier molecular flexibility index (Phi) is 5.62. The quantitative estimate of drug-likeness (QED) is 0.876. The van der Waals surface area contributed by atoms with Crippen LogP contribution in [0, 0.1) is 11.8 Å². The minimum absolute atomic E-state index is 0.0490. The van der Waals surface area contributed by atoms with Crippen molar-refractivity contribution in [1.29, 1.82) is 0 Å². The Balaban J connectivity index is 1.95. The van der Waals surface area contributed by atoms with Crippen LogP contribution in [-0.2, 0) is 4.79 Å². The molecule has 2 N–H and O–H groups in total. The zero-order valence-corrected chi connectivity index (χ0v) is 13.2. The lowest BCUT2D eigenvalue weighted by molar-refractivity contribution is -0.120. The van der Waals surface area contributed by atoms with Gasteiger partial charge in [0.1, 0.15) is 5.75 Å². The van der Waals surface area contributed by atoms with Gasteiger partial charge in [-0.1, -0.05) is 19.9 Å². The Bertz CT molecular complexity index is 476. The number of carbonyl (C=O) groups excluding carboxylic acids is 1. The van der Waals surface area contributed by atoms with Gasteiger partial charge in [0.05, 0.1) is 12.0 Å². The lowest BCUT2D eigenvalue weighted by Crippen LogP contribution is -2.40. The number of piperidine rings is 1. The summed E-state index contributed by atoms with van der Waals surface area (Å²) in [6.07, 6.45) is 2.09. The van der Waals surface area contributed by atoms with Crippen molar-refractivity contribution in [2.45, 2.75) is 39.7 Å². The predicted molar refractivity (Wildman–Crippen MR) is 85.6 cm³/mol. The minimum atomic E-state index is 0.0490. The van der Waals surface area contributed by atoms with E-state index in [1.54, 1.807) is 0 Å². The van der Waals surface area contributed by atoms with Crippen LogP contribution in [0.4, 0.5) is 5.69 Å². The van der Waals surface area contributed by atoms with Gasteiger partial charge < -0.3 is 15.4 Å². The van der Waals surface area contributed by atoms with Crippen molar-refractivity contribution >= 4 is 11.6 Å². The highest BCUT2D eigenvalue weighted by Gasteiger charge is 2.24. The first-order valence-electron chi connectivity index (χ1n) is 7.86. The first-order valence-corrected chi connectivity index (χ1v) is 7.86. The first kappa shape index (κ1) is 15.8. The van der Waals surface area contributed by atoms with Crippen LogP contribution in [0.2, 0.25) is 0 Å². The smallest absolute Gasteiger partial charge is 0.228 e. The van der Waals surface area contributed by atoms with Gasteiger partial charge in [-0.2, -0.15) is 0 Å². The van der Waals surface area contributed by atoms with Crippen LogP contribution < -0.4 is 15.4 Å². The Morgan fingerprint density at radius 1 is 1.48 bits per heavy atom. The van der Waals surface area contributed by atoms with Crippen LogP contribution in [0.5, 0.6) is 5.75 Å². The monoisotopic (exact) mass is 290 g/mol. The molecule has 0 aromatic heterocycles. The number of carbonyl (C=O) groups is 1. The average molecular weight is 290 g/mol. The van der Waals surface area contributed by atoms with Gasteiger partial charge in [-0.05, 0) is 44.4 Å². The van der Waals surface area contributed by atoms with Crippen molar-refractivity contribution in [3.63, 3.8) is 0 Å². The molecule has 0 radical (unpaired) electrons. The number of hydrogen-bond donors (Lipinski definition) is 2. The molecule has 3 unspecified atom stereocenters. The summed E-state index contributed by atoms with van der Waals surface area (Å²) in [5.41, 5.74) is 0.805. The lowest BCUT2D eigenvalue weighted by Gasteiger charge is -2.26. The van der Waals surface area contributed by atoms with Crippen LogP contribution in [0.1, 0.15) is 33.6 Å². The molecule has 0 saturated carbocycles. The molecule has 21 heavy (non-hydrogen) atoms. The highest BCUT2D eigenvalue weighted by atomic mass is 16.5. The van der Waals surface area contributed by atoms with Crippen LogP contribution in [0.15, 0.2) is 24.3 Å². The third kappa shape index (κ3) is 4.74. The fourth-order valence-electron chi connectivity index (χ4n) is 2.56. The highest BCUT2D eigenvalue weighted by Crippen LogP contribution is 2.22. The molecule has 2 rings (SSSR count). The summed E-state index contributed by atoms with van der Waals surface area (Å²) in [4.78, 5) is 12.3. The Hall–Kier alpha value is -1.55. The topological polar surface area (TPSA) is 50.4 Å². The van der Waals surface area contributed by atoms with Gasteiger partial charge in [-0.25, -0.2) is 0 Å². The van der Waals surface area contributed by atoms with Crippen LogP contribution in [0.25, 0.3) is 0 Å². The van der Waals surface area contributed by atoms with Crippen molar-refractivity contribution in [3.8, 4) is 5.75 Å². The van der Waals surface area contributed by atoms with Crippen LogP contribution >= 0.6 is 0 Å².